The molecule has 0 aromatic rings. The van der Waals surface area contributed by atoms with E-state index in [9.17, 15) is 5.11 Å². The average Bonchev–Trinajstić information content (AvgIpc) is 2.23. The van der Waals surface area contributed by atoms with Crippen molar-refractivity contribution in [2.45, 2.75) is 52.1 Å². The Hall–Kier alpha value is -0.770. The Bertz CT molecular complexity index is 247. The molecule has 1 aliphatic rings. The van der Waals surface area contributed by atoms with Crippen molar-refractivity contribution in [3.63, 3.8) is 0 Å². The van der Waals surface area contributed by atoms with Gasteiger partial charge >= 0.3 is 0 Å². The van der Waals surface area contributed by atoms with E-state index >= 15 is 0 Å². The maximum atomic E-state index is 9.98. The molecule has 100 valence electrons. The van der Waals surface area contributed by atoms with Crippen LogP contribution in [0.4, 0.5) is 0 Å². The molecule has 1 saturated carbocycles. The van der Waals surface area contributed by atoms with Gasteiger partial charge in [0.2, 0.25) is 0 Å². The Balaban J connectivity index is 2.32. The van der Waals surface area contributed by atoms with Gasteiger partial charge in [-0.3, -0.25) is 4.99 Å². The maximum absolute atomic E-state index is 9.98. The molecule has 1 aliphatic carbocycles. The van der Waals surface area contributed by atoms with Crippen LogP contribution in [0, 0.1) is 5.92 Å². The number of aliphatic imine (C=N–C) groups is 1. The molecule has 0 spiro atoms. The summed E-state index contributed by atoms with van der Waals surface area (Å²) in [6.07, 6.45) is 4.04. The molecule has 4 nitrogen and oxygen atoms in total. The lowest BCUT2D eigenvalue weighted by molar-refractivity contribution is -0.0236. The Kier molecular flexibility index (Phi) is 5.75. The molecular weight excluding hydrogens is 214 g/mol. The lowest BCUT2D eigenvalue weighted by Crippen LogP contribution is -2.43. The normalized spacial score (nSPS) is 19.0. The van der Waals surface area contributed by atoms with Gasteiger partial charge in [-0.1, -0.05) is 13.8 Å². The van der Waals surface area contributed by atoms with Gasteiger partial charge in [-0.2, -0.15) is 0 Å². The average molecular weight is 241 g/mol. The minimum atomic E-state index is -0.527. The van der Waals surface area contributed by atoms with E-state index in [1.807, 2.05) is 0 Å². The zero-order valence-electron chi connectivity index (χ0n) is 11.4. The van der Waals surface area contributed by atoms with Crippen molar-refractivity contribution < 1.29 is 5.11 Å². The first-order valence-electron chi connectivity index (χ1n) is 6.80. The van der Waals surface area contributed by atoms with Gasteiger partial charge in [0.25, 0.3) is 0 Å². The highest BCUT2D eigenvalue weighted by Gasteiger charge is 2.34. The quantitative estimate of drug-likeness (QED) is 0.488. The molecule has 3 N–H and O–H groups in total. The summed E-state index contributed by atoms with van der Waals surface area (Å²) in [6, 6.07) is 0. The van der Waals surface area contributed by atoms with E-state index in [0.29, 0.717) is 12.5 Å². The summed E-state index contributed by atoms with van der Waals surface area (Å²) in [5.74, 6) is 1.52. The molecule has 0 heterocycles. The topological polar surface area (TPSA) is 56.7 Å². The first-order valence-corrected chi connectivity index (χ1v) is 6.80. The zero-order valence-corrected chi connectivity index (χ0v) is 11.4. The van der Waals surface area contributed by atoms with E-state index < -0.39 is 5.60 Å². The van der Waals surface area contributed by atoms with Gasteiger partial charge in [0.05, 0.1) is 12.1 Å². The number of hydrogen-bond acceptors (Lipinski definition) is 2. The molecule has 0 unspecified atom stereocenters. The lowest BCUT2D eigenvalue weighted by Gasteiger charge is -2.35. The van der Waals surface area contributed by atoms with Gasteiger partial charge in [0.1, 0.15) is 0 Å². The second-order valence-corrected chi connectivity index (χ2v) is 5.38. The molecule has 0 aromatic carbocycles. The molecule has 0 aliphatic heterocycles. The van der Waals surface area contributed by atoms with Gasteiger partial charge in [0.15, 0.2) is 5.96 Å². The molecule has 1 rings (SSSR count). The summed E-state index contributed by atoms with van der Waals surface area (Å²) in [7, 11) is 0. The fraction of sp³-hybridized carbons (Fsp3) is 0.923. The summed E-state index contributed by atoms with van der Waals surface area (Å²) in [5, 5.41) is 16.5. The van der Waals surface area contributed by atoms with E-state index in [1.54, 1.807) is 0 Å². The van der Waals surface area contributed by atoms with Crippen molar-refractivity contribution in [2.75, 3.05) is 19.6 Å². The van der Waals surface area contributed by atoms with Crippen molar-refractivity contribution in [3.05, 3.63) is 0 Å². The third kappa shape index (κ3) is 5.39. The zero-order chi connectivity index (χ0) is 12.7. The van der Waals surface area contributed by atoms with E-state index in [2.05, 4.69) is 36.4 Å². The third-order valence-corrected chi connectivity index (χ3v) is 3.17. The van der Waals surface area contributed by atoms with E-state index in [4.69, 9.17) is 0 Å². The fourth-order valence-electron chi connectivity index (χ4n) is 1.79. The SMILES string of the molecule is CCNC(=NCC1(O)CCC1)NCCC(C)C. The van der Waals surface area contributed by atoms with Crippen molar-refractivity contribution in [2.24, 2.45) is 10.9 Å². The highest BCUT2D eigenvalue weighted by Crippen LogP contribution is 2.31. The molecule has 0 bridgehead atoms. The highest BCUT2D eigenvalue weighted by molar-refractivity contribution is 5.79. The van der Waals surface area contributed by atoms with Crippen LogP contribution in [0.5, 0.6) is 0 Å². The minimum Gasteiger partial charge on any atom is -0.388 e. The molecule has 0 radical (unpaired) electrons. The number of hydrogen-bond donors (Lipinski definition) is 3. The van der Waals surface area contributed by atoms with Crippen molar-refractivity contribution in [1.29, 1.82) is 0 Å². The van der Waals surface area contributed by atoms with Crippen LogP contribution in [0.15, 0.2) is 4.99 Å². The molecule has 0 amide bonds. The monoisotopic (exact) mass is 241 g/mol. The highest BCUT2D eigenvalue weighted by atomic mass is 16.3. The summed E-state index contributed by atoms with van der Waals surface area (Å²) < 4.78 is 0. The maximum Gasteiger partial charge on any atom is 0.191 e. The van der Waals surface area contributed by atoms with Crippen LogP contribution in [-0.2, 0) is 0 Å². The van der Waals surface area contributed by atoms with Crippen molar-refractivity contribution >= 4 is 5.96 Å². The molecule has 0 saturated heterocycles. The molecule has 0 atom stereocenters. The largest absolute Gasteiger partial charge is 0.388 e. The van der Waals surface area contributed by atoms with Crippen LogP contribution in [0.25, 0.3) is 0 Å². The molecular formula is C13H27N3O. The second kappa shape index (κ2) is 6.84. The Morgan fingerprint density at radius 1 is 1.35 bits per heavy atom. The van der Waals surface area contributed by atoms with Gasteiger partial charge in [-0.05, 0) is 38.5 Å². The van der Waals surface area contributed by atoms with Crippen molar-refractivity contribution in [3.8, 4) is 0 Å². The van der Waals surface area contributed by atoms with Crippen LogP contribution in [0.3, 0.4) is 0 Å². The van der Waals surface area contributed by atoms with Crippen LogP contribution in [0.1, 0.15) is 46.5 Å². The van der Waals surface area contributed by atoms with E-state index in [1.165, 1.54) is 0 Å². The van der Waals surface area contributed by atoms with Crippen LogP contribution in [0.2, 0.25) is 0 Å². The summed E-state index contributed by atoms with van der Waals surface area (Å²) in [5.41, 5.74) is -0.527. The number of nitrogens with zero attached hydrogens (tertiary/aromatic N) is 1. The molecule has 0 aromatic heterocycles. The standard InChI is InChI=1S/C13H27N3O/c1-4-14-12(15-9-6-11(2)3)16-10-13(17)7-5-8-13/h11,17H,4-10H2,1-3H3,(H2,14,15,16). The van der Waals surface area contributed by atoms with Crippen molar-refractivity contribution in [1.82, 2.24) is 10.6 Å². The fourth-order valence-corrected chi connectivity index (χ4v) is 1.79. The first-order chi connectivity index (χ1) is 8.06. The molecule has 17 heavy (non-hydrogen) atoms. The van der Waals surface area contributed by atoms with Crippen LogP contribution < -0.4 is 10.6 Å². The third-order valence-electron chi connectivity index (χ3n) is 3.17. The van der Waals surface area contributed by atoms with E-state index in [-0.39, 0.29) is 0 Å². The van der Waals surface area contributed by atoms with Crippen LogP contribution >= 0.6 is 0 Å². The van der Waals surface area contributed by atoms with Gasteiger partial charge in [-0.15, -0.1) is 0 Å². The predicted molar refractivity (Wildman–Crippen MR) is 72.2 cm³/mol. The number of guanidine groups is 1. The smallest absolute Gasteiger partial charge is 0.191 e. The predicted octanol–water partition coefficient (Wildman–Crippen LogP) is 1.50. The molecule has 4 heteroatoms. The van der Waals surface area contributed by atoms with Gasteiger partial charge < -0.3 is 15.7 Å². The summed E-state index contributed by atoms with van der Waals surface area (Å²) >= 11 is 0. The van der Waals surface area contributed by atoms with E-state index in [0.717, 1.165) is 44.7 Å². The summed E-state index contributed by atoms with van der Waals surface area (Å²) in [4.78, 5) is 4.45. The lowest BCUT2D eigenvalue weighted by atomic mass is 9.80. The molecule has 1 fully saturated rings. The second-order valence-electron chi connectivity index (χ2n) is 5.38. The number of rotatable bonds is 6. The Morgan fingerprint density at radius 2 is 2.06 bits per heavy atom. The van der Waals surface area contributed by atoms with Gasteiger partial charge in [-0.25, -0.2) is 0 Å². The number of nitrogens with one attached hydrogen (secondary N) is 2. The Morgan fingerprint density at radius 3 is 2.53 bits per heavy atom. The minimum absolute atomic E-state index is 0.518. The van der Waals surface area contributed by atoms with Crippen LogP contribution in [-0.4, -0.2) is 36.3 Å². The Labute approximate surface area is 105 Å². The van der Waals surface area contributed by atoms with Gasteiger partial charge in [0, 0.05) is 13.1 Å². The summed E-state index contributed by atoms with van der Waals surface area (Å²) in [6.45, 7) is 8.78. The first kappa shape index (κ1) is 14.3. The number of aliphatic hydroxyl groups is 1.